The van der Waals surface area contributed by atoms with Crippen molar-refractivity contribution in [3.05, 3.63) is 0 Å². The van der Waals surface area contributed by atoms with E-state index >= 15 is 0 Å². The van der Waals surface area contributed by atoms with Crippen molar-refractivity contribution in [3.8, 4) is 0 Å². The van der Waals surface area contributed by atoms with Crippen LogP contribution in [0.3, 0.4) is 0 Å². The Labute approximate surface area is 86.3 Å². The fourth-order valence-corrected chi connectivity index (χ4v) is 2.15. The topological polar surface area (TPSA) is 3.24 Å². The molecule has 1 fully saturated rings. The van der Waals surface area contributed by atoms with Crippen LogP contribution in [-0.4, -0.2) is 36.4 Å². The van der Waals surface area contributed by atoms with E-state index < -0.39 is 0 Å². The largest absolute Gasteiger partial charge is 0.298 e. The van der Waals surface area contributed by atoms with Crippen molar-refractivity contribution in [2.45, 2.75) is 44.7 Å². The van der Waals surface area contributed by atoms with Gasteiger partial charge in [-0.1, -0.05) is 12.0 Å². The summed E-state index contributed by atoms with van der Waals surface area (Å²) in [5.74, 6) is 0.622. The van der Waals surface area contributed by atoms with E-state index in [1.54, 1.807) is 0 Å². The van der Waals surface area contributed by atoms with Gasteiger partial charge in [0.2, 0.25) is 0 Å². The quantitative estimate of drug-likeness (QED) is 0.458. The highest BCUT2D eigenvalue weighted by Crippen LogP contribution is 2.34. The number of nitrogens with zero attached hydrogens (tertiary/aromatic N) is 1. The summed E-state index contributed by atoms with van der Waals surface area (Å²) in [4.78, 5) is 2.52. The summed E-state index contributed by atoms with van der Waals surface area (Å²) in [6.07, 6.45) is 1.23. The Kier molecular flexibility index (Phi) is 3.15. The van der Waals surface area contributed by atoms with Gasteiger partial charge in [-0.2, -0.15) is 0 Å². The third kappa shape index (κ3) is 2.96. The lowest BCUT2D eigenvalue weighted by atomic mass is 9.76. The average Bonchev–Trinajstić information content (AvgIpc) is 2.28. The van der Waals surface area contributed by atoms with E-state index in [1.165, 1.54) is 13.0 Å². The highest BCUT2D eigenvalue weighted by atomic mass is 31.0. The van der Waals surface area contributed by atoms with Crippen molar-refractivity contribution in [2.24, 2.45) is 5.92 Å². The minimum absolute atomic E-state index is 0.0972. The maximum atomic E-state index is 6.08. The zero-order chi connectivity index (χ0) is 10.3. The predicted octanol–water partition coefficient (Wildman–Crippen LogP) is 1.87. The summed E-state index contributed by atoms with van der Waals surface area (Å²) in [7, 11) is 8.85. The highest BCUT2D eigenvalue weighted by molar-refractivity contribution is 7.22. The molecule has 0 spiro atoms. The maximum absolute atomic E-state index is 6.08. The van der Waals surface area contributed by atoms with Crippen molar-refractivity contribution in [1.82, 2.24) is 4.90 Å². The van der Waals surface area contributed by atoms with Gasteiger partial charge in [-0.3, -0.25) is 4.90 Å². The summed E-state index contributed by atoms with van der Waals surface area (Å²) in [6.45, 7) is 11.2. The van der Waals surface area contributed by atoms with E-state index in [9.17, 15) is 0 Å². The third-order valence-corrected chi connectivity index (χ3v) is 3.49. The molecular formula is C10H21BNP. The van der Waals surface area contributed by atoms with Gasteiger partial charge >= 0.3 is 0 Å². The van der Waals surface area contributed by atoms with Gasteiger partial charge in [0.1, 0.15) is 0 Å². The van der Waals surface area contributed by atoms with Crippen molar-refractivity contribution in [1.29, 1.82) is 0 Å². The van der Waals surface area contributed by atoms with Crippen molar-refractivity contribution in [3.63, 3.8) is 0 Å². The Morgan fingerprint density at radius 2 is 1.85 bits per heavy atom. The van der Waals surface area contributed by atoms with Crippen molar-refractivity contribution >= 4 is 17.1 Å². The molecule has 0 saturated carbocycles. The second-order valence-corrected chi connectivity index (χ2v) is 6.71. The molecule has 0 bridgehead atoms. The first-order chi connectivity index (χ1) is 5.71. The van der Waals surface area contributed by atoms with Crippen LogP contribution in [0.5, 0.6) is 0 Å². The number of hydrogen-bond acceptors (Lipinski definition) is 1. The number of rotatable bonds is 1. The SMILES string of the molecule is [B]C(C)(P)C1CCN(C(C)(C)C)C1. The highest BCUT2D eigenvalue weighted by Gasteiger charge is 2.35. The van der Waals surface area contributed by atoms with Gasteiger partial charge in [0.05, 0.1) is 7.85 Å². The van der Waals surface area contributed by atoms with Gasteiger partial charge in [0.15, 0.2) is 0 Å². The Balaban J connectivity index is 2.55. The molecule has 2 radical (unpaired) electrons. The van der Waals surface area contributed by atoms with E-state index in [2.05, 4.69) is 41.8 Å². The van der Waals surface area contributed by atoms with Crippen LogP contribution >= 0.6 is 9.24 Å². The van der Waals surface area contributed by atoms with Crippen LogP contribution in [0.1, 0.15) is 34.1 Å². The van der Waals surface area contributed by atoms with Gasteiger partial charge in [-0.05, 0) is 39.7 Å². The van der Waals surface area contributed by atoms with E-state index in [-0.39, 0.29) is 5.06 Å². The van der Waals surface area contributed by atoms with Crippen molar-refractivity contribution < 1.29 is 0 Å². The van der Waals surface area contributed by atoms with Crippen LogP contribution in [0, 0.1) is 5.92 Å². The number of hydrogen-bond donors (Lipinski definition) is 0. The molecule has 1 saturated heterocycles. The Morgan fingerprint density at radius 1 is 1.31 bits per heavy atom. The molecule has 1 aliphatic rings. The van der Waals surface area contributed by atoms with Crippen molar-refractivity contribution in [2.75, 3.05) is 13.1 Å². The lowest BCUT2D eigenvalue weighted by molar-refractivity contribution is 0.167. The molecule has 3 unspecified atom stereocenters. The lowest BCUT2D eigenvalue weighted by Gasteiger charge is -2.34. The van der Waals surface area contributed by atoms with Gasteiger partial charge in [-0.25, -0.2) is 0 Å². The summed E-state index contributed by atoms with van der Waals surface area (Å²) in [5.41, 5.74) is 0.296. The molecular weight excluding hydrogens is 176 g/mol. The monoisotopic (exact) mass is 197 g/mol. The molecule has 1 aliphatic heterocycles. The first kappa shape index (κ1) is 11.5. The standard InChI is InChI=1S/C10H21BNP/c1-9(2,3)12-6-5-8(7-12)10(4,11)13/h8H,5-7,13H2,1-4H3. The fourth-order valence-electron chi connectivity index (χ4n) is 1.88. The maximum Gasteiger partial charge on any atom is 0.0803 e. The Hall–Kier alpha value is 0.455. The minimum Gasteiger partial charge on any atom is -0.298 e. The molecule has 0 aliphatic carbocycles. The van der Waals surface area contributed by atoms with Crippen LogP contribution in [0.4, 0.5) is 0 Å². The molecule has 74 valence electrons. The molecule has 1 rings (SSSR count). The van der Waals surface area contributed by atoms with E-state index in [0.717, 1.165) is 6.54 Å². The molecule has 0 aromatic carbocycles. The van der Waals surface area contributed by atoms with E-state index in [1.807, 2.05) is 0 Å². The van der Waals surface area contributed by atoms with Gasteiger partial charge in [0, 0.05) is 12.1 Å². The van der Waals surface area contributed by atoms with Crippen LogP contribution in [0.25, 0.3) is 0 Å². The Bertz CT molecular complexity index is 160. The summed E-state index contributed by atoms with van der Waals surface area (Å²) >= 11 is 0. The van der Waals surface area contributed by atoms with Crippen LogP contribution < -0.4 is 0 Å². The van der Waals surface area contributed by atoms with E-state index in [0.29, 0.717) is 11.5 Å². The number of likely N-dealkylation sites (tertiary alicyclic amines) is 1. The zero-order valence-corrected chi connectivity index (χ0v) is 10.5. The minimum atomic E-state index is -0.0972. The zero-order valence-electron chi connectivity index (χ0n) is 9.30. The average molecular weight is 197 g/mol. The molecule has 3 heteroatoms. The summed E-state index contributed by atoms with van der Waals surface area (Å²) < 4.78 is 0. The second-order valence-electron chi connectivity index (χ2n) is 5.47. The molecule has 0 aromatic rings. The second kappa shape index (κ2) is 3.55. The molecule has 13 heavy (non-hydrogen) atoms. The predicted molar refractivity (Wildman–Crippen MR) is 63.3 cm³/mol. The van der Waals surface area contributed by atoms with Crippen LogP contribution in [0.2, 0.25) is 0 Å². The van der Waals surface area contributed by atoms with Crippen LogP contribution in [-0.2, 0) is 0 Å². The fraction of sp³-hybridized carbons (Fsp3) is 1.00. The summed E-state index contributed by atoms with van der Waals surface area (Å²) in [6, 6.07) is 0. The molecule has 0 N–H and O–H groups in total. The smallest absolute Gasteiger partial charge is 0.0803 e. The third-order valence-electron chi connectivity index (χ3n) is 3.02. The first-order valence-corrected chi connectivity index (χ1v) is 5.62. The van der Waals surface area contributed by atoms with Gasteiger partial charge in [0.25, 0.3) is 0 Å². The molecule has 1 heterocycles. The lowest BCUT2D eigenvalue weighted by Crippen LogP contribution is -2.41. The van der Waals surface area contributed by atoms with E-state index in [4.69, 9.17) is 7.85 Å². The normalized spacial score (nSPS) is 30.4. The molecule has 0 amide bonds. The molecule has 1 nitrogen and oxygen atoms in total. The summed E-state index contributed by atoms with van der Waals surface area (Å²) in [5, 5.41) is -0.0972. The molecule has 0 aromatic heterocycles. The van der Waals surface area contributed by atoms with Gasteiger partial charge in [-0.15, -0.1) is 9.24 Å². The first-order valence-electron chi connectivity index (χ1n) is 5.04. The Morgan fingerprint density at radius 3 is 2.08 bits per heavy atom. The van der Waals surface area contributed by atoms with Crippen LogP contribution in [0.15, 0.2) is 0 Å². The molecule has 3 atom stereocenters. The van der Waals surface area contributed by atoms with Gasteiger partial charge < -0.3 is 0 Å².